The van der Waals surface area contributed by atoms with Gasteiger partial charge in [0.25, 0.3) is 5.91 Å². The highest BCUT2D eigenvalue weighted by molar-refractivity contribution is 7.90. The zero-order chi connectivity index (χ0) is 15.6. The number of rotatable bonds is 6. The van der Waals surface area contributed by atoms with Crippen molar-refractivity contribution in [3.63, 3.8) is 0 Å². The SMILES string of the molecule is O=C(COCC1CC1)NS(=O)(=O)C1CCc2ccccc2C1. The molecule has 1 atom stereocenters. The average molecular weight is 323 g/mol. The summed E-state index contributed by atoms with van der Waals surface area (Å²) in [4.78, 5) is 11.7. The van der Waals surface area contributed by atoms with Gasteiger partial charge in [-0.1, -0.05) is 24.3 Å². The molecule has 22 heavy (non-hydrogen) atoms. The van der Waals surface area contributed by atoms with Gasteiger partial charge >= 0.3 is 0 Å². The van der Waals surface area contributed by atoms with Crippen LogP contribution < -0.4 is 4.72 Å². The van der Waals surface area contributed by atoms with Crippen LogP contribution in [0.1, 0.15) is 30.4 Å². The van der Waals surface area contributed by atoms with Crippen LogP contribution >= 0.6 is 0 Å². The van der Waals surface area contributed by atoms with Gasteiger partial charge in [-0.05, 0) is 49.1 Å². The average Bonchev–Trinajstić information content (AvgIpc) is 3.30. The van der Waals surface area contributed by atoms with Gasteiger partial charge in [-0.2, -0.15) is 0 Å². The first-order valence-electron chi connectivity index (χ1n) is 7.73. The lowest BCUT2D eigenvalue weighted by molar-refractivity contribution is -0.124. The summed E-state index contributed by atoms with van der Waals surface area (Å²) in [5, 5.41) is -0.546. The number of carbonyl (C=O) groups excluding carboxylic acids is 1. The minimum absolute atomic E-state index is 0.182. The van der Waals surface area contributed by atoms with E-state index < -0.39 is 21.2 Å². The molecule has 0 heterocycles. The summed E-state index contributed by atoms with van der Waals surface area (Å²) in [6.45, 7) is 0.364. The number of benzene rings is 1. The molecule has 0 spiro atoms. The van der Waals surface area contributed by atoms with E-state index in [1.54, 1.807) is 0 Å². The summed E-state index contributed by atoms with van der Waals surface area (Å²) < 4.78 is 32.0. The first-order valence-corrected chi connectivity index (χ1v) is 9.28. The number of sulfonamides is 1. The van der Waals surface area contributed by atoms with Gasteiger partial charge in [-0.15, -0.1) is 0 Å². The van der Waals surface area contributed by atoms with E-state index in [1.807, 2.05) is 24.3 Å². The first kappa shape index (κ1) is 15.5. The van der Waals surface area contributed by atoms with Gasteiger partial charge in [0.05, 0.1) is 11.9 Å². The molecule has 3 rings (SSSR count). The van der Waals surface area contributed by atoms with Crippen molar-refractivity contribution in [3.8, 4) is 0 Å². The fraction of sp³-hybridized carbons (Fsp3) is 0.562. The van der Waals surface area contributed by atoms with Crippen molar-refractivity contribution < 1.29 is 17.9 Å². The molecule has 0 radical (unpaired) electrons. The largest absolute Gasteiger partial charge is 0.371 e. The molecule has 1 fully saturated rings. The second-order valence-corrected chi connectivity index (χ2v) is 8.12. The van der Waals surface area contributed by atoms with Crippen molar-refractivity contribution in [2.24, 2.45) is 5.92 Å². The van der Waals surface area contributed by atoms with E-state index >= 15 is 0 Å². The van der Waals surface area contributed by atoms with Crippen LogP contribution in [0.3, 0.4) is 0 Å². The van der Waals surface area contributed by atoms with Gasteiger partial charge in [0.1, 0.15) is 6.61 Å². The third-order valence-electron chi connectivity index (χ3n) is 4.28. The second kappa shape index (κ2) is 6.38. The molecular formula is C16H21NO4S. The van der Waals surface area contributed by atoms with E-state index in [0.717, 1.165) is 24.8 Å². The zero-order valence-corrected chi connectivity index (χ0v) is 13.3. The van der Waals surface area contributed by atoms with Crippen molar-refractivity contribution in [2.75, 3.05) is 13.2 Å². The summed E-state index contributed by atoms with van der Waals surface area (Å²) in [7, 11) is -3.64. The van der Waals surface area contributed by atoms with Gasteiger partial charge in [0.2, 0.25) is 10.0 Å². The van der Waals surface area contributed by atoms with Crippen LogP contribution in [-0.2, 0) is 32.4 Å². The third-order valence-corrected chi connectivity index (χ3v) is 6.07. The maximum atomic E-state index is 12.3. The van der Waals surface area contributed by atoms with Gasteiger partial charge in [-0.25, -0.2) is 8.42 Å². The molecule has 0 bridgehead atoms. The summed E-state index contributed by atoms with van der Waals surface area (Å²) >= 11 is 0. The lowest BCUT2D eigenvalue weighted by atomic mass is 9.92. The second-order valence-electron chi connectivity index (χ2n) is 6.16. The maximum absolute atomic E-state index is 12.3. The number of fused-ring (bicyclic) bond motifs is 1. The van der Waals surface area contributed by atoms with Gasteiger partial charge in [-0.3, -0.25) is 9.52 Å². The molecule has 1 N–H and O–H groups in total. The Morgan fingerprint density at radius 1 is 1.18 bits per heavy atom. The van der Waals surface area contributed by atoms with Crippen molar-refractivity contribution in [1.29, 1.82) is 0 Å². The van der Waals surface area contributed by atoms with E-state index in [0.29, 0.717) is 25.4 Å². The Balaban J connectivity index is 1.55. The molecule has 1 aromatic carbocycles. The number of hydrogen-bond donors (Lipinski definition) is 1. The summed E-state index contributed by atoms with van der Waals surface area (Å²) in [6.07, 6.45) is 4.02. The quantitative estimate of drug-likeness (QED) is 0.859. The Labute approximate surface area is 131 Å². The predicted octanol–water partition coefficient (Wildman–Crippen LogP) is 1.42. The van der Waals surface area contributed by atoms with E-state index in [-0.39, 0.29) is 6.61 Å². The van der Waals surface area contributed by atoms with E-state index in [2.05, 4.69) is 4.72 Å². The lowest BCUT2D eigenvalue weighted by Crippen LogP contribution is -2.42. The predicted molar refractivity (Wildman–Crippen MR) is 82.9 cm³/mol. The van der Waals surface area contributed by atoms with Crippen LogP contribution in [0.15, 0.2) is 24.3 Å². The molecule has 2 aliphatic rings. The Morgan fingerprint density at radius 3 is 2.64 bits per heavy atom. The van der Waals surface area contributed by atoms with Crippen molar-refractivity contribution >= 4 is 15.9 Å². The molecule has 2 aliphatic carbocycles. The number of carbonyl (C=O) groups is 1. The highest BCUT2D eigenvalue weighted by Crippen LogP contribution is 2.28. The molecule has 0 aromatic heterocycles. The first-order chi connectivity index (χ1) is 10.5. The van der Waals surface area contributed by atoms with Crippen molar-refractivity contribution in [1.82, 2.24) is 4.72 Å². The van der Waals surface area contributed by atoms with Crippen LogP contribution in [0.2, 0.25) is 0 Å². The zero-order valence-electron chi connectivity index (χ0n) is 12.5. The Morgan fingerprint density at radius 2 is 1.91 bits per heavy atom. The summed E-state index contributed by atoms with van der Waals surface area (Å²) in [5.74, 6) is -0.0150. The molecule has 0 saturated heterocycles. The van der Waals surface area contributed by atoms with Gasteiger partial charge in [0, 0.05) is 0 Å². The maximum Gasteiger partial charge on any atom is 0.259 e. The standard InChI is InChI=1S/C16H21NO4S/c18-16(11-21-10-12-5-6-12)17-22(19,20)15-8-7-13-3-1-2-4-14(13)9-15/h1-4,12,15H,5-11H2,(H,17,18). The Hall–Kier alpha value is -1.40. The fourth-order valence-electron chi connectivity index (χ4n) is 2.80. The number of hydrogen-bond acceptors (Lipinski definition) is 4. The summed E-state index contributed by atoms with van der Waals surface area (Å²) in [5.41, 5.74) is 2.26. The smallest absolute Gasteiger partial charge is 0.259 e. The monoisotopic (exact) mass is 323 g/mol. The normalized spacial score (nSPS) is 21.2. The minimum atomic E-state index is -3.64. The van der Waals surface area contributed by atoms with Crippen molar-refractivity contribution in [2.45, 2.75) is 37.4 Å². The third kappa shape index (κ3) is 3.87. The van der Waals surface area contributed by atoms with Crippen LogP contribution in [0.5, 0.6) is 0 Å². The van der Waals surface area contributed by atoms with Crippen LogP contribution in [0, 0.1) is 5.92 Å². The number of amides is 1. The molecule has 1 amide bonds. The van der Waals surface area contributed by atoms with Crippen LogP contribution in [0.25, 0.3) is 0 Å². The van der Waals surface area contributed by atoms with E-state index in [9.17, 15) is 13.2 Å². The number of nitrogens with one attached hydrogen (secondary N) is 1. The number of aryl methyl sites for hydroxylation is 1. The van der Waals surface area contributed by atoms with E-state index in [4.69, 9.17) is 4.74 Å². The topological polar surface area (TPSA) is 72.5 Å². The highest BCUT2D eigenvalue weighted by Gasteiger charge is 2.31. The molecular weight excluding hydrogens is 302 g/mol. The molecule has 6 heteroatoms. The highest BCUT2D eigenvalue weighted by atomic mass is 32.2. The molecule has 1 saturated carbocycles. The molecule has 1 unspecified atom stereocenters. The minimum Gasteiger partial charge on any atom is -0.371 e. The Bertz CT molecular complexity index is 652. The number of ether oxygens (including phenoxy) is 1. The van der Waals surface area contributed by atoms with Crippen molar-refractivity contribution in [3.05, 3.63) is 35.4 Å². The Kier molecular flexibility index (Phi) is 4.49. The lowest BCUT2D eigenvalue weighted by Gasteiger charge is -2.24. The molecule has 120 valence electrons. The van der Waals surface area contributed by atoms with Gasteiger partial charge in [0.15, 0.2) is 0 Å². The fourth-order valence-corrected chi connectivity index (χ4v) is 4.17. The molecule has 0 aliphatic heterocycles. The van der Waals surface area contributed by atoms with Gasteiger partial charge < -0.3 is 4.74 Å². The van der Waals surface area contributed by atoms with Crippen LogP contribution in [0.4, 0.5) is 0 Å². The summed E-state index contributed by atoms with van der Waals surface area (Å²) in [6, 6.07) is 7.87. The van der Waals surface area contributed by atoms with Crippen LogP contribution in [-0.4, -0.2) is 32.8 Å². The van der Waals surface area contributed by atoms with E-state index in [1.165, 1.54) is 5.56 Å². The molecule has 1 aromatic rings. The molecule has 5 nitrogen and oxygen atoms in total.